The normalized spacial score (nSPS) is 11.6. The molecule has 0 saturated carbocycles. The van der Waals surface area contributed by atoms with E-state index in [2.05, 4.69) is 15.3 Å². The third kappa shape index (κ3) is 4.76. The van der Waals surface area contributed by atoms with Crippen molar-refractivity contribution in [2.24, 2.45) is 0 Å². The molecule has 6 heteroatoms. The molecule has 0 atom stereocenters. The largest absolute Gasteiger partial charge is 0.390 e. The summed E-state index contributed by atoms with van der Waals surface area (Å²) in [6.45, 7) is 0.212. The average molecular weight is 205 g/mol. The lowest BCUT2D eigenvalue weighted by Gasteiger charge is -2.06. The monoisotopic (exact) mass is 205 g/mol. The van der Waals surface area contributed by atoms with Crippen LogP contribution in [0.2, 0.25) is 0 Å². The Kier molecular flexibility index (Phi) is 3.82. The number of rotatable bonds is 4. The Balaban J connectivity index is 2.17. The minimum absolute atomic E-state index is 0.0971. The maximum absolute atomic E-state index is 11.7. The Bertz CT molecular complexity index is 260. The van der Waals surface area contributed by atoms with Crippen LogP contribution in [0, 0.1) is 0 Å². The molecule has 1 heterocycles. The molecule has 0 fully saturated rings. The van der Waals surface area contributed by atoms with E-state index >= 15 is 0 Å². The second-order valence-electron chi connectivity index (χ2n) is 2.74. The van der Waals surface area contributed by atoms with Crippen molar-refractivity contribution in [1.29, 1.82) is 0 Å². The number of hydrogen-bond donors (Lipinski definition) is 1. The molecular weight excluding hydrogens is 195 g/mol. The van der Waals surface area contributed by atoms with E-state index in [1.165, 1.54) is 18.6 Å². The van der Waals surface area contributed by atoms with E-state index < -0.39 is 12.6 Å². The van der Waals surface area contributed by atoms with Gasteiger partial charge in [-0.15, -0.1) is 0 Å². The summed E-state index contributed by atoms with van der Waals surface area (Å²) in [6, 6.07) is 0. The van der Waals surface area contributed by atoms with Crippen LogP contribution in [0.25, 0.3) is 0 Å². The van der Waals surface area contributed by atoms with Crippen molar-refractivity contribution in [2.75, 3.05) is 6.54 Å². The lowest BCUT2D eigenvalue weighted by molar-refractivity contribution is -0.133. The second-order valence-corrected chi connectivity index (χ2v) is 2.74. The highest BCUT2D eigenvalue weighted by atomic mass is 19.4. The van der Waals surface area contributed by atoms with Gasteiger partial charge in [0, 0.05) is 31.7 Å². The topological polar surface area (TPSA) is 37.8 Å². The van der Waals surface area contributed by atoms with Crippen molar-refractivity contribution in [1.82, 2.24) is 15.3 Å². The van der Waals surface area contributed by atoms with E-state index in [0.29, 0.717) is 12.2 Å². The van der Waals surface area contributed by atoms with Gasteiger partial charge in [-0.2, -0.15) is 13.2 Å². The first kappa shape index (κ1) is 10.9. The molecule has 0 bridgehead atoms. The SMILES string of the molecule is FC(F)(F)CCNCc1cnccn1. The first-order valence-electron chi connectivity index (χ1n) is 4.10. The van der Waals surface area contributed by atoms with Gasteiger partial charge in [0.25, 0.3) is 0 Å². The molecule has 78 valence electrons. The highest BCUT2D eigenvalue weighted by molar-refractivity contribution is 4.93. The van der Waals surface area contributed by atoms with E-state index in [4.69, 9.17) is 0 Å². The fourth-order valence-corrected chi connectivity index (χ4v) is 0.868. The summed E-state index contributed by atoms with van der Waals surface area (Å²) in [5, 5.41) is 2.64. The van der Waals surface area contributed by atoms with Gasteiger partial charge in [0.2, 0.25) is 0 Å². The summed E-state index contributed by atoms with van der Waals surface area (Å²) < 4.78 is 35.1. The van der Waals surface area contributed by atoms with E-state index in [1.54, 1.807) is 0 Å². The Morgan fingerprint density at radius 3 is 2.64 bits per heavy atom. The zero-order valence-electron chi connectivity index (χ0n) is 7.38. The van der Waals surface area contributed by atoms with Crippen LogP contribution in [0.4, 0.5) is 13.2 Å². The molecule has 14 heavy (non-hydrogen) atoms. The Morgan fingerprint density at radius 1 is 1.29 bits per heavy atom. The van der Waals surface area contributed by atoms with Gasteiger partial charge in [0.05, 0.1) is 12.1 Å². The molecule has 0 aliphatic rings. The first-order valence-corrected chi connectivity index (χ1v) is 4.10. The maximum atomic E-state index is 11.7. The van der Waals surface area contributed by atoms with E-state index in [-0.39, 0.29) is 6.54 Å². The standard InChI is InChI=1S/C8H10F3N3/c9-8(10,11)1-2-12-5-7-6-13-3-4-14-7/h3-4,6,12H,1-2,5H2. The third-order valence-corrected chi connectivity index (χ3v) is 1.51. The number of halogens is 3. The highest BCUT2D eigenvalue weighted by Crippen LogP contribution is 2.18. The van der Waals surface area contributed by atoms with Gasteiger partial charge in [-0.1, -0.05) is 0 Å². The van der Waals surface area contributed by atoms with Crippen LogP contribution in [-0.2, 0) is 6.54 Å². The lowest BCUT2D eigenvalue weighted by atomic mass is 10.4. The molecule has 1 rings (SSSR count). The van der Waals surface area contributed by atoms with Crippen molar-refractivity contribution in [3.63, 3.8) is 0 Å². The molecule has 0 aliphatic heterocycles. The van der Waals surface area contributed by atoms with Crippen molar-refractivity contribution in [2.45, 2.75) is 19.1 Å². The zero-order chi connectivity index (χ0) is 10.4. The molecule has 1 aromatic rings. The van der Waals surface area contributed by atoms with Gasteiger partial charge in [-0.25, -0.2) is 0 Å². The molecule has 0 spiro atoms. The van der Waals surface area contributed by atoms with Crippen LogP contribution in [-0.4, -0.2) is 22.7 Å². The van der Waals surface area contributed by atoms with Crippen LogP contribution in [0.3, 0.4) is 0 Å². The molecule has 1 N–H and O–H groups in total. The number of alkyl halides is 3. The summed E-state index contributed by atoms with van der Waals surface area (Å²) in [7, 11) is 0. The zero-order valence-corrected chi connectivity index (χ0v) is 7.38. The first-order chi connectivity index (χ1) is 6.58. The summed E-state index contributed by atoms with van der Waals surface area (Å²) in [4.78, 5) is 7.69. The average Bonchev–Trinajstić information content (AvgIpc) is 2.13. The summed E-state index contributed by atoms with van der Waals surface area (Å²) in [5.41, 5.74) is 0.634. The molecule has 0 aliphatic carbocycles. The number of aromatic nitrogens is 2. The van der Waals surface area contributed by atoms with E-state index in [0.717, 1.165) is 0 Å². The van der Waals surface area contributed by atoms with Crippen LogP contribution in [0.15, 0.2) is 18.6 Å². The van der Waals surface area contributed by atoms with Crippen LogP contribution < -0.4 is 5.32 Å². The Hall–Kier alpha value is -1.17. The summed E-state index contributed by atoms with van der Waals surface area (Å²) in [5.74, 6) is 0. The minimum atomic E-state index is -4.10. The molecule has 0 aromatic carbocycles. The van der Waals surface area contributed by atoms with Gasteiger partial charge < -0.3 is 5.32 Å². The van der Waals surface area contributed by atoms with Gasteiger partial charge in [-0.05, 0) is 0 Å². The number of nitrogens with zero attached hydrogens (tertiary/aromatic N) is 2. The van der Waals surface area contributed by atoms with Crippen LogP contribution >= 0.6 is 0 Å². The van der Waals surface area contributed by atoms with Crippen molar-refractivity contribution in [3.8, 4) is 0 Å². The lowest BCUT2D eigenvalue weighted by Crippen LogP contribution is -2.21. The molecule has 1 aromatic heterocycles. The fourth-order valence-electron chi connectivity index (χ4n) is 0.868. The Morgan fingerprint density at radius 2 is 2.07 bits per heavy atom. The van der Waals surface area contributed by atoms with Gasteiger partial charge >= 0.3 is 6.18 Å². The molecule has 3 nitrogen and oxygen atoms in total. The van der Waals surface area contributed by atoms with Crippen LogP contribution in [0.5, 0.6) is 0 Å². The molecule has 0 saturated heterocycles. The smallest absolute Gasteiger partial charge is 0.311 e. The molecule has 0 radical (unpaired) electrons. The van der Waals surface area contributed by atoms with Gasteiger partial charge in [-0.3, -0.25) is 9.97 Å². The fraction of sp³-hybridized carbons (Fsp3) is 0.500. The van der Waals surface area contributed by atoms with E-state index in [1.807, 2.05) is 0 Å². The minimum Gasteiger partial charge on any atom is -0.311 e. The maximum Gasteiger partial charge on any atom is 0.390 e. The quantitative estimate of drug-likeness (QED) is 0.757. The van der Waals surface area contributed by atoms with Crippen LogP contribution in [0.1, 0.15) is 12.1 Å². The number of nitrogens with one attached hydrogen (secondary N) is 1. The van der Waals surface area contributed by atoms with E-state index in [9.17, 15) is 13.2 Å². The van der Waals surface area contributed by atoms with Crippen molar-refractivity contribution < 1.29 is 13.2 Å². The van der Waals surface area contributed by atoms with Crippen molar-refractivity contribution >= 4 is 0 Å². The highest BCUT2D eigenvalue weighted by Gasteiger charge is 2.25. The number of hydrogen-bond acceptors (Lipinski definition) is 3. The van der Waals surface area contributed by atoms with Crippen molar-refractivity contribution in [3.05, 3.63) is 24.3 Å². The third-order valence-electron chi connectivity index (χ3n) is 1.51. The van der Waals surface area contributed by atoms with Gasteiger partial charge in [0.15, 0.2) is 0 Å². The predicted molar refractivity (Wildman–Crippen MR) is 44.4 cm³/mol. The predicted octanol–water partition coefficient (Wildman–Crippen LogP) is 1.52. The molecular formula is C8H10F3N3. The van der Waals surface area contributed by atoms with Gasteiger partial charge in [0.1, 0.15) is 0 Å². The Labute approximate surface area is 79.4 Å². The molecule has 0 amide bonds. The summed E-state index contributed by atoms with van der Waals surface area (Å²) >= 11 is 0. The molecule has 0 unspecified atom stereocenters. The second kappa shape index (κ2) is 4.90. The summed E-state index contributed by atoms with van der Waals surface area (Å²) in [6.07, 6.45) is -0.400.